The first-order valence-corrected chi connectivity index (χ1v) is 7.71. The van der Waals surface area contributed by atoms with E-state index in [1.54, 1.807) is 0 Å². The number of halogens is 1. The van der Waals surface area contributed by atoms with Gasteiger partial charge in [-0.2, -0.15) is 0 Å². The fraction of sp³-hybridized carbons (Fsp3) is 0.500. The highest BCUT2D eigenvalue weighted by Crippen LogP contribution is 2.22. The lowest BCUT2D eigenvalue weighted by Crippen LogP contribution is -2.29. The van der Waals surface area contributed by atoms with Crippen LogP contribution in [0.5, 0.6) is 0 Å². The molecule has 2 aromatic rings. The molecule has 0 radical (unpaired) electrons. The van der Waals surface area contributed by atoms with Crippen molar-refractivity contribution in [3.63, 3.8) is 0 Å². The van der Waals surface area contributed by atoms with Crippen molar-refractivity contribution >= 4 is 21.6 Å². The number of imidazole rings is 1. The monoisotopic (exact) mass is 307 g/mol. The molecule has 1 saturated heterocycles. The summed E-state index contributed by atoms with van der Waals surface area (Å²) in [4.78, 5) is 7.25. The smallest absolute Gasteiger partial charge is 0.137 e. The molecule has 1 fully saturated rings. The summed E-state index contributed by atoms with van der Waals surface area (Å²) in [5.74, 6) is 0. The van der Waals surface area contributed by atoms with E-state index in [4.69, 9.17) is 0 Å². The lowest BCUT2D eigenvalue weighted by molar-refractivity contribution is 0.239. The van der Waals surface area contributed by atoms with E-state index in [0.717, 1.165) is 23.6 Å². The number of hydrogen-bond donors (Lipinski definition) is 0. The van der Waals surface area contributed by atoms with Gasteiger partial charge in [0.2, 0.25) is 0 Å². The number of nitrogens with zero attached hydrogens (tertiary/aromatic N) is 3. The second-order valence-electron chi connectivity index (χ2n) is 4.94. The molecule has 0 saturated carbocycles. The largest absolute Gasteiger partial charge is 0.307 e. The molecule has 1 unspecified atom stereocenters. The molecule has 0 aromatic carbocycles. The van der Waals surface area contributed by atoms with Crippen LogP contribution in [-0.2, 0) is 6.54 Å². The molecule has 96 valence electrons. The fourth-order valence-electron chi connectivity index (χ4n) is 2.83. The Labute approximate surface area is 116 Å². The highest BCUT2D eigenvalue weighted by atomic mass is 79.9. The second kappa shape index (κ2) is 5.41. The van der Waals surface area contributed by atoms with Gasteiger partial charge in [0, 0.05) is 30.3 Å². The number of hydrogen-bond acceptors (Lipinski definition) is 2. The Bertz CT molecular complexity index is 489. The van der Waals surface area contributed by atoms with Crippen LogP contribution in [0.1, 0.15) is 25.0 Å². The van der Waals surface area contributed by atoms with Crippen molar-refractivity contribution in [1.82, 2.24) is 14.3 Å². The van der Waals surface area contributed by atoms with Gasteiger partial charge in [0.1, 0.15) is 5.65 Å². The molecule has 3 nitrogen and oxygen atoms in total. The summed E-state index contributed by atoms with van der Waals surface area (Å²) in [5.41, 5.74) is 2.23. The summed E-state index contributed by atoms with van der Waals surface area (Å²) >= 11 is 3.55. The van der Waals surface area contributed by atoms with Crippen LogP contribution in [0.2, 0.25) is 0 Å². The van der Waals surface area contributed by atoms with Crippen LogP contribution in [-0.4, -0.2) is 32.2 Å². The summed E-state index contributed by atoms with van der Waals surface area (Å²) in [5, 5.41) is 1.10. The first kappa shape index (κ1) is 12.2. The quantitative estimate of drug-likeness (QED) is 0.809. The zero-order chi connectivity index (χ0) is 12.4. The third-order valence-electron chi connectivity index (χ3n) is 3.72. The molecule has 18 heavy (non-hydrogen) atoms. The van der Waals surface area contributed by atoms with Crippen molar-refractivity contribution in [1.29, 1.82) is 0 Å². The Hall–Kier alpha value is -0.870. The molecule has 1 aliphatic rings. The molecule has 3 rings (SSSR count). The van der Waals surface area contributed by atoms with Crippen molar-refractivity contribution < 1.29 is 0 Å². The van der Waals surface area contributed by atoms with E-state index in [-0.39, 0.29) is 0 Å². The van der Waals surface area contributed by atoms with Gasteiger partial charge < -0.3 is 4.40 Å². The van der Waals surface area contributed by atoms with Crippen LogP contribution in [0.15, 0.2) is 30.6 Å². The van der Waals surface area contributed by atoms with Gasteiger partial charge in [-0.1, -0.05) is 22.0 Å². The molecule has 0 aliphatic carbocycles. The van der Waals surface area contributed by atoms with Gasteiger partial charge in [0.05, 0.1) is 5.69 Å². The molecule has 0 N–H and O–H groups in total. The molecule has 2 aromatic heterocycles. The number of fused-ring (bicyclic) bond motifs is 1. The Morgan fingerprint density at radius 2 is 2.33 bits per heavy atom. The van der Waals surface area contributed by atoms with Gasteiger partial charge in [-0.15, -0.1) is 0 Å². The average molecular weight is 308 g/mol. The molecular formula is C14H18BrN3. The second-order valence-corrected chi connectivity index (χ2v) is 5.74. The molecule has 4 heteroatoms. The predicted molar refractivity (Wildman–Crippen MR) is 77.0 cm³/mol. The van der Waals surface area contributed by atoms with E-state index in [1.807, 2.05) is 12.1 Å². The minimum Gasteiger partial charge on any atom is -0.307 e. The zero-order valence-corrected chi connectivity index (χ0v) is 12.0. The molecule has 1 atom stereocenters. The van der Waals surface area contributed by atoms with Crippen molar-refractivity contribution in [2.24, 2.45) is 0 Å². The van der Waals surface area contributed by atoms with Gasteiger partial charge >= 0.3 is 0 Å². The van der Waals surface area contributed by atoms with Crippen LogP contribution in [0, 0.1) is 0 Å². The molecule has 0 bridgehead atoms. The number of aromatic nitrogens is 2. The summed E-state index contributed by atoms with van der Waals surface area (Å²) in [6.07, 6.45) is 8.11. The van der Waals surface area contributed by atoms with Gasteiger partial charge in [0.15, 0.2) is 0 Å². The number of pyridine rings is 1. The normalized spacial score (nSPS) is 20.8. The highest BCUT2D eigenvalue weighted by Gasteiger charge is 2.24. The van der Waals surface area contributed by atoms with E-state index >= 15 is 0 Å². The van der Waals surface area contributed by atoms with Gasteiger partial charge in [-0.25, -0.2) is 4.98 Å². The van der Waals surface area contributed by atoms with Crippen LogP contribution in [0.4, 0.5) is 0 Å². The third-order valence-corrected chi connectivity index (χ3v) is 4.18. The van der Waals surface area contributed by atoms with Gasteiger partial charge in [-0.05, 0) is 37.9 Å². The van der Waals surface area contributed by atoms with Crippen molar-refractivity contribution in [2.45, 2.75) is 31.8 Å². The summed E-state index contributed by atoms with van der Waals surface area (Å²) < 4.78 is 2.10. The summed E-state index contributed by atoms with van der Waals surface area (Å²) in [7, 11) is 0. The maximum atomic E-state index is 4.68. The van der Waals surface area contributed by atoms with E-state index in [0.29, 0.717) is 0 Å². The first-order valence-electron chi connectivity index (χ1n) is 6.59. The Morgan fingerprint density at radius 3 is 3.17 bits per heavy atom. The number of likely N-dealkylation sites (tertiary alicyclic amines) is 1. The Balaban J connectivity index is 1.75. The Kier molecular flexibility index (Phi) is 3.66. The Morgan fingerprint density at radius 1 is 1.39 bits per heavy atom. The molecular weight excluding hydrogens is 290 g/mol. The predicted octanol–water partition coefficient (Wildman–Crippen LogP) is 3.08. The van der Waals surface area contributed by atoms with Crippen molar-refractivity contribution in [3.05, 3.63) is 36.3 Å². The molecule has 0 spiro atoms. The minimum atomic E-state index is 0.731. The molecule has 1 aliphatic heterocycles. The van der Waals surface area contributed by atoms with E-state index in [9.17, 15) is 0 Å². The number of alkyl halides is 1. The minimum absolute atomic E-state index is 0.731. The van der Waals surface area contributed by atoms with E-state index in [2.05, 4.69) is 48.7 Å². The van der Waals surface area contributed by atoms with Gasteiger partial charge in [0.25, 0.3) is 0 Å². The molecule has 3 heterocycles. The highest BCUT2D eigenvalue weighted by molar-refractivity contribution is 9.09. The van der Waals surface area contributed by atoms with Crippen molar-refractivity contribution in [2.75, 3.05) is 11.9 Å². The summed E-state index contributed by atoms with van der Waals surface area (Å²) in [6.45, 7) is 2.20. The topological polar surface area (TPSA) is 20.5 Å². The average Bonchev–Trinajstić information content (AvgIpc) is 2.97. The fourth-order valence-corrected chi connectivity index (χ4v) is 3.36. The van der Waals surface area contributed by atoms with Crippen LogP contribution in [0.25, 0.3) is 5.65 Å². The lowest BCUT2D eigenvalue weighted by Gasteiger charge is -2.22. The lowest BCUT2D eigenvalue weighted by atomic mass is 10.2. The van der Waals surface area contributed by atoms with Crippen LogP contribution < -0.4 is 0 Å². The maximum absolute atomic E-state index is 4.68. The van der Waals surface area contributed by atoms with Gasteiger partial charge in [-0.3, -0.25) is 4.90 Å². The standard InChI is InChI=1S/C14H18BrN3/c15-7-6-13-4-3-9-17(13)10-12-11-18-8-2-1-5-14(18)16-12/h1-2,5,8,11,13H,3-4,6-7,9-10H2. The number of rotatable bonds is 4. The SMILES string of the molecule is BrCCC1CCCN1Cc1cn2ccccc2n1. The maximum Gasteiger partial charge on any atom is 0.137 e. The summed E-state index contributed by atoms with van der Waals surface area (Å²) in [6, 6.07) is 6.87. The third kappa shape index (κ3) is 2.45. The van der Waals surface area contributed by atoms with Crippen LogP contribution in [0.3, 0.4) is 0 Å². The van der Waals surface area contributed by atoms with E-state index in [1.165, 1.54) is 31.5 Å². The zero-order valence-electron chi connectivity index (χ0n) is 10.4. The van der Waals surface area contributed by atoms with Crippen LogP contribution >= 0.6 is 15.9 Å². The first-order chi connectivity index (χ1) is 8.86. The molecule has 0 amide bonds. The van der Waals surface area contributed by atoms with Crippen molar-refractivity contribution in [3.8, 4) is 0 Å². The van der Waals surface area contributed by atoms with E-state index < -0.39 is 0 Å².